The van der Waals surface area contributed by atoms with Crippen molar-refractivity contribution in [3.8, 4) is 5.75 Å². The average molecular weight is 360 g/mol. The van der Waals surface area contributed by atoms with Crippen molar-refractivity contribution in [1.29, 1.82) is 0 Å². The lowest BCUT2D eigenvalue weighted by atomic mass is 10.2. The molecule has 0 saturated carbocycles. The molecule has 0 unspecified atom stereocenters. The molecule has 0 aliphatic heterocycles. The van der Waals surface area contributed by atoms with Gasteiger partial charge in [0.2, 0.25) is 0 Å². The third kappa shape index (κ3) is 3.91. The molecule has 2 aromatic carbocycles. The Morgan fingerprint density at radius 2 is 1.73 bits per heavy atom. The van der Waals surface area contributed by atoms with E-state index in [1.165, 1.54) is 30.3 Å². The van der Waals surface area contributed by atoms with E-state index in [1.54, 1.807) is 16.9 Å². The van der Waals surface area contributed by atoms with E-state index >= 15 is 0 Å². The fourth-order valence-corrected chi connectivity index (χ4v) is 2.77. The smallest absolute Gasteiger partial charge is 0.408 e. The second-order valence-electron chi connectivity index (χ2n) is 4.36. The zero-order valence-electron chi connectivity index (χ0n) is 11.3. The van der Waals surface area contributed by atoms with Crippen LogP contribution in [-0.2, 0) is 10.0 Å². The van der Waals surface area contributed by atoms with E-state index in [0.29, 0.717) is 0 Å². The molecule has 1 amide bonds. The number of amides is 1. The number of carbonyl (C=O) groups is 1. The van der Waals surface area contributed by atoms with Gasteiger partial charge in [-0.15, -0.1) is 0 Å². The van der Waals surface area contributed by atoms with Crippen LogP contribution in [0.4, 0.5) is 4.79 Å². The van der Waals surface area contributed by atoms with Crippen LogP contribution in [0.5, 0.6) is 5.75 Å². The third-order valence-corrected chi connectivity index (χ3v) is 4.80. The number of ether oxygens (including phenoxy) is 1. The first-order valence-electron chi connectivity index (χ1n) is 6.05. The lowest BCUT2D eigenvalue weighted by Gasteiger charge is -2.09. The quantitative estimate of drug-likeness (QED) is 0.904. The summed E-state index contributed by atoms with van der Waals surface area (Å²) in [5.41, 5.74) is 0.896. The van der Waals surface area contributed by atoms with Crippen molar-refractivity contribution < 1.29 is 17.9 Å². The molecule has 116 valence electrons. The van der Waals surface area contributed by atoms with Gasteiger partial charge in [0.25, 0.3) is 10.0 Å². The number of halogens is 2. The Morgan fingerprint density at radius 1 is 1.09 bits per heavy atom. The molecule has 0 heterocycles. The highest BCUT2D eigenvalue weighted by Gasteiger charge is 2.19. The van der Waals surface area contributed by atoms with E-state index in [0.717, 1.165) is 5.56 Å². The number of benzene rings is 2. The summed E-state index contributed by atoms with van der Waals surface area (Å²) < 4.78 is 30.7. The van der Waals surface area contributed by atoms with Crippen LogP contribution in [0.15, 0.2) is 47.4 Å². The van der Waals surface area contributed by atoms with E-state index < -0.39 is 16.1 Å². The van der Waals surface area contributed by atoms with Crippen molar-refractivity contribution >= 4 is 39.3 Å². The van der Waals surface area contributed by atoms with Crippen LogP contribution in [-0.4, -0.2) is 14.5 Å². The van der Waals surface area contributed by atoms with Crippen LogP contribution in [0, 0.1) is 6.92 Å². The van der Waals surface area contributed by atoms with Gasteiger partial charge >= 0.3 is 6.09 Å². The molecule has 0 spiro atoms. The first kappa shape index (κ1) is 16.6. The molecule has 2 aromatic rings. The standard InChI is InChI=1S/C14H11Cl2NO4S/c1-9-5-7-10(8-6-9)22(19,20)17-14(18)21-12-4-2-3-11(15)13(12)16/h2-8H,1H3,(H,17,18). The molecule has 8 heteroatoms. The minimum atomic E-state index is -4.02. The molecule has 1 N–H and O–H groups in total. The maximum absolute atomic E-state index is 12.0. The zero-order chi connectivity index (χ0) is 16.3. The molecule has 0 fully saturated rings. The lowest BCUT2D eigenvalue weighted by Crippen LogP contribution is -2.33. The first-order chi connectivity index (χ1) is 10.3. The number of sulfonamides is 1. The van der Waals surface area contributed by atoms with E-state index in [4.69, 9.17) is 27.9 Å². The predicted octanol–water partition coefficient (Wildman–Crippen LogP) is 3.78. The fourth-order valence-electron chi connectivity index (χ4n) is 1.57. The highest BCUT2D eigenvalue weighted by Crippen LogP contribution is 2.31. The number of hydrogen-bond donors (Lipinski definition) is 1. The molecule has 0 aliphatic carbocycles. The van der Waals surface area contributed by atoms with Gasteiger partial charge in [0, 0.05) is 0 Å². The van der Waals surface area contributed by atoms with Crippen LogP contribution < -0.4 is 9.46 Å². The summed E-state index contributed by atoms with van der Waals surface area (Å²) in [5.74, 6) is -0.0363. The minimum Gasteiger partial charge on any atom is -0.408 e. The molecule has 22 heavy (non-hydrogen) atoms. The summed E-state index contributed by atoms with van der Waals surface area (Å²) >= 11 is 11.6. The molecular formula is C14H11Cl2NO4S. The van der Waals surface area contributed by atoms with E-state index in [-0.39, 0.29) is 20.7 Å². The zero-order valence-corrected chi connectivity index (χ0v) is 13.7. The largest absolute Gasteiger partial charge is 0.426 e. The van der Waals surface area contributed by atoms with Crippen LogP contribution >= 0.6 is 23.2 Å². The molecule has 0 bridgehead atoms. The van der Waals surface area contributed by atoms with Gasteiger partial charge in [-0.3, -0.25) is 0 Å². The molecule has 5 nitrogen and oxygen atoms in total. The fraction of sp³-hybridized carbons (Fsp3) is 0.0714. The summed E-state index contributed by atoms with van der Waals surface area (Å²) in [6.45, 7) is 1.82. The number of carbonyl (C=O) groups excluding carboxylic acids is 1. The molecule has 2 rings (SSSR count). The van der Waals surface area contributed by atoms with E-state index in [1.807, 2.05) is 6.92 Å². The monoisotopic (exact) mass is 359 g/mol. The summed E-state index contributed by atoms with van der Waals surface area (Å²) in [7, 11) is -4.02. The summed E-state index contributed by atoms with van der Waals surface area (Å²) in [6, 6.07) is 10.4. The number of rotatable bonds is 3. The molecule has 0 atom stereocenters. The Kier molecular flexibility index (Phi) is 4.95. The predicted molar refractivity (Wildman–Crippen MR) is 84.0 cm³/mol. The molecular weight excluding hydrogens is 349 g/mol. The van der Waals surface area contributed by atoms with E-state index in [9.17, 15) is 13.2 Å². The van der Waals surface area contributed by atoms with Crippen LogP contribution in [0.2, 0.25) is 10.0 Å². The van der Waals surface area contributed by atoms with Crippen molar-refractivity contribution in [3.63, 3.8) is 0 Å². The normalized spacial score (nSPS) is 11.0. The van der Waals surface area contributed by atoms with Crippen molar-refractivity contribution in [2.45, 2.75) is 11.8 Å². The second kappa shape index (κ2) is 6.56. The van der Waals surface area contributed by atoms with Gasteiger partial charge in [0.15, 0.2) is 5.75 Å². The van der Waals surface area contributed by atoms with Crippen molar-refractivity contribution in [2.75, 3.05) is 0 Å². The van der Waals surface area contributed by atoms with Gasteiger partial charge in [-0.1, -0.05) is 47.0 Å². The maximum Gasteiger partial charge on any atom is 0.426 e. The Bertz CT molecular complexity index is 804. The Hall–Kier alpha value is -1.76. The highest BCUT2D eigenvalue weighted by molar-refractivity contribution is 7.90. The van der Waals surface area contributed by atoms with Crippen LogP contribution in [0.25, 0.3) is 0 Å². The maximum atomic E-state index is 12.0. The number of aryl methyl sites for hydroxylation is 1. The third-order valence-electron chi connectivity index (χ3n) is 2.67. The summed E-state index contributed by atoms with van der Waals surface area (Å²) in [6.07, 6.45) is -1.18. The van der Waals surface area contributed by atoms with E-state index in [2.05, 4.69) is 0 Å². The Morgan fingerprint density at radius 3 is 2.36 bits per heavy atom. The Balaban J connectivity index is 2.14. The topological polar surface area (TPSA) is 72.5 Å². The minimum absolute atomic E-state index is 0.0204. The summed E-state index contributed by atoms with van der Waals surface area (Å²) in [5, 5.41) is 0.209. The SMILES string of the molecule is Cc1ccc(S(=O)(=O)NC(=O)Oc2cccc(Cl)c2Cl)cc1. The second-order valence-corrected chi connectivity index (χ2v) is 6.83. The Labute approximate surface area is 137 Å². The first-order valence-corrected chi connectivity index (χ1v) is 8.29. The molecule has 0 radical (unpaired) electrons. The van der Waals surface area contributed by atoms with Crippen LogP contribution in [0.1, 0.15) is 5.56 Å². The van der Waals surface area contributed by atoms with Crippen LogP contribution in [0.3, 0.4) is 0 Å². The van der Waals surface area contributed by atoms with Gasteiger partial charge in [0.05, 0.1) is 9.92 Å². The van der Waals surface area contributed by atoms with Gasteiger partial charge in [-0.25, -0.2) is 17.9 Å². The van der Waals surface area contributed by atoms with Gasteiger partial charge in [-0.2, -0.15) is 0 Å². The highest BCUT2D eigenvalue weighted by atomic mass is 35.5. The molecule has 0 aliphatic rings. The lowest BCUT2D eigenvalue weighted by molar-refractivity contribution is 0.207. The van der Waals surface area contributed by atoms with Crippen molar-refractivity contribution in [2.24, 2.45) is 0 Å². The molecule has 0 aromatic heterocycles. The van der Waals surface area contributed by atoms with Gasteiger partial charge < -0.3 is 4.74 Å². The molecule has 0 saturated heterocycles. The van der Waals surface area contributed by atoms with Crippen molar-refractivity contribution in [3.05, 3.63) is 58.1 Å². The van der Waals surface area contributed by atoms with Crippen molar-refractivity contribution in [1.82, 2.24) is 4.72 Å². The van der Waals surface area contributed by atoms with Gasteiger partial charge in [0.1, 0.15) is 5.02 Å². The van der Waals surface area contributed by atoms with Gasteiger partial charge in [-0.05, 0) is 31.2 Å². The number of hydrogen-bond acceptors (Lipinski definition) is 4. The number of nitrogens with one attached hydrogen (secondary N) is 1. The average Bonchev–Trinajstić information content (AvgIpc) is 2.44. The summed E-state index contributed by atoms with van der Waals surface area (Å²) in [4.78, 5) is 11.7.